The van der Waals surface area contributed by atoms with Crippen molar-refractivity contribution in [3.63, 3.8) is 0 Å². The van der Waals surface area contributed by atoms with Crippen LogP contribution < -0.4 is 10.6 Å². The van der Waals surface area contributed by atoms with Crippen molar-refractivity contribution in [2.45, 2.75) is 57.3 Å². The highest BCUT2D eigenvalue weighted by Crippen LogP contribution is 2.28. The van der Waals surface area contributed by atoms with Crippen LogP contribution in [0.3, 0.4) is 0 Å². The van der Waals surface area contributed by atoms with Crippen LogP contribution in [0, 0.1) is 0 Å². The van der Waals surface area contributed by atoms with E-state index < -0.39 is 6.04 Å². The normalized spacial score (nSPS) is 25.2. The molecule has 150 valence electrons. The van der Waals surface area contributed by atoms with Crippen molar-refractivity contribution >= 4 is 17.7 Å². The molecule has 7 heteroatoms. The summed E-state index contributed by atoms with van der Waals surface area (Å²) in [4.78, 5) is 40.2. The minimum absolute atomic E-state index is 0.115. The summed E-state index contributed by atoms with van der Waals surface area (Å²) in [6.07, 6.45) is 4.46. The van der Waals surface area contributed by atoms with Gasteiger partial charge in [-0.3, -0.25) is 19.7 Å². The van der Waals surface area contributed by atoms with Gasteiger partial charge in [0.05, 0.1) is 0 Å². The molecular weight excluding hydrogens is 356 g/mol. The molecule has 2 saturated heterocycles. The van der Waals surface area contributed by atoms with Gasteiger partial charge in [-0.05, 0) is 50.0 Å². The second-order valence-electron chi connectivity index (χ2n) is 8.24. The van der Waals surface area contributed by atoms with Gasteiger partial charge in [0.25, 0.3) is 5.91 Å². The standard InChI is InChI=1S/C21H28N4O3/c1-24(13-16-4-2-3-9-22-16)11-14-5-6-17-15(10-14)12-25(21(17)28)18-7-8-19(26)23-20(18)27/h5-6,10,16,18,22H,2-4,7-9,11-13H2,1H3,(H,23,26,27). The second-order valence-corrected chi connectivity index (χ2v) is 8.24. The first-order valence-corrected chi connectivity index (χ1v) is 10.2. The number of hydrogen-bond acceptors (Lipinski definition) is 5. The number of hydrogen-bond donors (Lipinski definition) is 2. The smallest absolute Gasteiger partial charge is 0.255 e. The lowest BCUT2D eigenvalue weighted by Crippen LogP contribution is -2.52. The lowest BCUT2D eigenvalue weighted by atomic mass is 10.0. The third-order valence-electron chi connectivity index (χ3n) is 5.98. The molecule has 28 heavy (non-hydrogen) atoms. The lowest BCUT2D eigenvalue weighted by molar-refractivity contribution is -0.136. The van der Waals surface area contributed by atoms with E-state index in [1.54, 1.807) is 4.90 Å². The number of piperidine rings is 2. The van der Waals surface area contributed by atoms with E-state index in [0.717, 1.165) is 25.2 Å². The molecule has 0 aliphatic carbocycles. The summed E-state index contributed by atoms with van der Waals surface area (Å²) in [5.74, 6) is -0.739. The van der Waals surface area contributed by atoms with E-state index in [1.807, 2.05) is 12.1 Å². The van der Waals surface area contributed by atoms with Crippen molar-refractivity contribution in [3.05, 3.63) is 34.9 Å². The third kappa shape index (κ3) is 3.95. The summed E-state index contributed by atoms with van der Waals surface area (Å²) < 4.78 is 0. The Balaban J connectivity index is 1.40. The molecule has 2 atom stereocenters. The van der Waals surface area contributed by atoms with Crippen molar-refractivity contribution in [2.75, 3.05) is 20.1 Å². The molecule has 2 fully saturated rings. The van der Waals surface area contributed by atoms with Gasteiger partial charge in [-0.25, -0.2) is 0 Å². The summed E-state index contributed by atoms with van der Waals surface area (Å²) in [5, 5.41) is 5.92. The molecule has 2 unspecified atom stereocenters. The zero-order valence-electron chi connectivity index (χ0n) is 16.4. The van der Waals surface area contributed by atoms with E-state index in [1.165, 1.54) is 24.8 Å². The van der Waals surface area contributed by atoms with Gasteiger partial charge in [-0.1, -0.05) is 18.6 Å². The number of nitrogens with zero attached hydrogens (tertiary/aromatic N) is 2. The van der Waals surface area contributed by atoms with Gasteiger partial charge in [0.2, 0.25) is 11.8 Å². The quantitative estimate of drug-likeness (QED) is 0.741. The van der Waals surface area contributed by atoms with Crippen molar-refractivity contribution < 1.29 is 14.4 Å². The van der Waals surface area contributed by atoms with Gasteiger partial charge in [0, 0.05) is 37.7 Å². The molecule has 0 saturated carbocycles. The van der Waals surface area contributed by atoms with Gasteiger partial charge in [-0.15, -0.1) is 0 Å². The third-order valence-corrected chi connectivity index (χ3v) is 5.98. The molecule has 4 rings (SSSR count). The molecule has 0 bridgehead atoms. The topological polar surface area (TPSA) is 81.8 Å². The van der Waals surface area contributed by atoms with Crippen LogP contribution >= 0.6 is 0 Å². The van der Waals surface area contributed by atoms with Crippen LogP contribution in [0.25, 0.3) is 0 Å². The van der Waals surface area contributed by atoms with Crippen molar-refractivity contribution in [1.29, 1.82) is 0 Å². The molecule has 3 heterocycles. The zero-order chi connectivity index (χ0) is 19.7. The minimum Gasteiger partial charge on any atom is -0.322 e. The first-order chi connectivity index (χ1) is 13.5. The summed E-state index contributed by atoms with van der Waals surface area (Å²) in [7, 11) is 2.13. The molecule has 7 nitrogen and oxygen atoms in total. The van der Waals surface area contributed by atoms with Crippen LogP contribution in [0.1, 0.15) is 53.6 Å². The summed E-state index contributed by atoms with van der Waals surface area (Å²) in [6, 6.07) is 5.98. The number of nitrogens with one attached hydrogen (secondary N) is 2. The fourth-order valence-corrected chi connectivity index (χ4v) is 4.56. The molecule has 2 N–H and O–H groups in total. The van der Waals surface area contributed by atoms with E-state index in [2.05, 4.69) is 28.6 Å². The van der Waals surface area contributed by atoms with Gasteiger partial charge < -0.3 is 15.1 Å². The summed E-state index contributed by atoms with van der Waals surface area (Å²) in [5.41, 5.74) is 2.82. The minimum atomic E-state index is -0.555. The van der Waals surface area contributed by atoms with Gasteiger partial charge in [0.1, 0.15) is 6.04 Å². The Morgan fingerprint density at radius 1 is 1.18 bits per heavy atom. The van der Waals surface area contributed by atoms with Gasteiger partial charge >= 0.3 is 0 Å². The Bertz CT molecular complexity index is 788. The predicted molar refractivity (Wildman–Crippen MR) is 104 cm³/mol. The van der Waals surface area contributed by atoms with Crippen molar-refractivity contribution in [1.82, 2.24) is 20.4 Å². The van der Waals surface area contributed by atoms with Crippen LogP contribution in [0.2, 0.25) is 0 Å². The van der Waals surface area contributed by atoms with Crippen LogP contribution in [-0.2, 0) is 22.7 Å². The predicted octanol–water partition coefficient (Wildman–Crippen LogP) is 1.02. The molecule has 0 spiro atoms. The number of benzene rings is 1. The van der Waals surface area contributed by atoms with E-state index >= 15 is 0 Å². The van der Waals surface area contributed by atoms with Crippen LogP contribution in [0.4, 0.5) is 0 Å². The Morgan fingerprint density at radius 3 is 2.79 bits per heavy atom. The van der Waals surface area contributed by atoms with E-state index in [4.69, 9.17) is 0 Å². The number of carbonyl (C=O) groups excluding carboxylic acids is 3. The first kappa shape index (κ1) is 19.1. The average Bonchev–Trinajstić information content (AvgIpc) is 2.98. The summed E-state index contributed by atoms with van der Waals surface area (Å²) in [6.45, 7) is 3.38. The van der Waals surface area contributed by atoms with E-state index in [-0.39, 0.29) is 24.1 Å². The molecule has 1 aromatic rings. The highest BCUT2D eigenvalue weighted by atomic mass is 16.2. The number of amides is 3. The highest BCUT2D eigenvalue weighted by molar-refractivity contribution is 6.05. The molecule has 3 amide bonds. The SMILES string of the molecule is CN(Cc1ccc2c(c1)CN(C1CCC(=O)NC1=O)C2=O)CC1CCCCN1. The maximum atomic E-state index is 12.8. The monoisotopic (exact) mass is 384 g/mol. The fraction of sp³-hybridized carbons (Fsp3) is 0.571. The zero-order valence-corrected chi connectivity index (χ0v) is 16.4. The maximum Gasteiger partial charge on any atom is 0.255 e. The lowest BCUT2D eigenvalue weighted by Gasteiger charge is -2.29. The fourth-order valence-electron chi connectivity index (χ4n) is 4.56. The van der Waals surface area contributed by atoms with Crippen molar-refractivity contribution in [3.8, 4) is 0 Å². The first-order valence-electron chi connectivity index (χ1n) is 10.2. The molecule has 3 aliphatic heterocycles. The molecule has 1 aromatic carbocycles. The second kappa shape index (κ2) is 8.01. The number of rotatable bonds is 5. The highest BCUT2D eigenvalue weighted by Gasteiger charge is 2.39. The summed E-state index contributed by atoms with van der Waals surface area (Å²) >= 11 is 0. The maximum absolute atomic E-state index is 12.8. The molecule has 0 radical (unpaired) electrons. The average molecular weight is 384 g/mol. The largest absolute Gasteiger partial charge is 0.322 e. The van der Waals surface area contributed by atoms with Crippen LogP contribution in [0.5, 0.6) is 0 Å². The van der Waals surface area contributed by atoms with E-state index in [0.29, 0.717) is 24.6 Å². The number of likely N-dealkylation sites (N-methyl/N-ethyl adjacent to an activating group) is 1. The van der Waals surface area contributed by atoms with Crippen LogP contribution in [0.15, 0.2) is 18.2 Å². The Morgan fingerprint density at radius 2 is 2.04 bits per heavy atom. The van der Waals surface area contributed by atoms with E-state index in [9.17, 15) is 14.4 Å². The molecular formula is C21H28N4O3. The number of fused-ring (bicyclic) bond motifs is 1. The van der Waals surface area contributed by atoms with Crippen LogP contribution in [-0.4, -0.2) is 59.7 Å². The Labute approximate surface area is 165 Å². The van der Waals surface area contributed by atoms with Gasteiger partial charge in [-0.2, -0.15) is 0 Å². The Kier molecular flexibility index (Phi) is 5.46. The molecule has 0 aromatic heterocycles. The molecule has 3 aliphatic rings. The number of imide groups is 1. The van der Waals surface area contributed by atoms with Gasteiger partial charge in [0.15, 0.2) is 0 Å². The van der Waals surface area contributed by atoms with Crippen molar-refractivity contribution in [2.24, 2.45) is 0 Å². The Hall–Kier alpha value is -2.25. The number of carbonyl (C=O) groups is 3.